The van der Waals surface area contributed by atoms with E-state index in [1.54, 1.807) is 0 Å². The van der Waals surface area contributed by atoms with Gasteiger partial charge >= 0.3 is 6.18 Å². The van der Waals surface area contributed by atoms with Gasteiger partial charge in [-0.15, -0.1) is 0 Å². The van der Waals surface area contributed by atoms with Crippen LogP contribution in [0.25, 0.3) is 0 Å². The average Bonchev–Trinajstić information content (AvgIpc) is 2.69. The predicted molar refractivity (Wildman–Crippen MR) is 110 cm³/mol. The van der Waals surface area contributed by atoms with Crippen molar-refractivity contribution in [2.45, 2.75) is 48.6 Å². The lowest BCUT2D eigenvalue weighted by molar-refractivity contribution is -0.137. The van der Waals surface area contributed by atoms with E-state index >= 15 is 0 Å². The Morgan fingerprint density at radius 3 is 2.73 bits per heavy atom. The Morgan fingerprint density at radius 2 is 2.00 bits per heavy atom. The second-order valence-electron chi connectivity index (χ2n) is 8.05. The first-order chi connectivity index (χ1) is 14.2. The van der Waals surface area contributed by atoms with Crippen LogP contribution < -0.4 is 10.6 Å². The average molecular weight is 438 g/mol. The number of fused-ring (bicyclic) bond motifs is 2. The maximum absolute atomic E-state index is 13.6. The van der Waals surface area contributed by atoms with E-state index in [4.69, 9.17) is 0 Å². The number of benzene rings is 2. The molecule has 1 heterocycles. The fraction of sp³-hybridized carbons (Fsp3) is 0.409. The Balaban J connectivity index is 1.61. The molecule has 2 unspecified atom stereocenters. The lowest BCUT2D eigenvalue weighted by atomic mass is 9.80. The Labute approximate surface area is 176 Å². The molecule has 2 atom stereocenters. The van der Waals surface area contributed by atoms with Gasteiger partial charge in [0.25, 0.3) is 0 Å². The second-order valence-corrected chi connectivity index (χ2v) is 9.13. The fourth-order valence-corrected chi connectivity index (χ4v) is 5.17. The molecule has 0 bridgehead atoms. The van der Waals surface area contributed by atoms with Crippen LogP contribution in [0.3, 0.4) is 0 Å². The highest BCUT2D eigenvalue weighted by Crippen LogP contribution is 2.49. The second kappa shape index (κ2) is 8.13. The molecule has 0 aromatic heterocycles. The van der Waals surface area contributed by atoms with Gasteiger partial charge in [-0.1, -0.05) is 31.5 Å². The summed E-state index contributed by atoms with van der Waals surface area (Å²) in [5, 5.41) is 5.96. The zero-order valence-corrected chi connectivity index (χ0v) is 17.2. The minimum absolute atomic E-state index is 0.0163. The third-order valence-electron chi connectivity index (χ3n) is 5.70. The SMILES string of the molecule is CC1CCCC(C(=O)CNc2cc(C(F)(F)F)cc3c2Nc2cc(F)ccc2S3)C1. The van der Waals surface area contributed by atoms with Crippen molar-refractivity contribution in [1.82, 2.24) is 0 Å². The quantitative estimate of drug-likeness (QED) is 0.437. The van der Waals surface area contributed by atoms with E-state index in [0.717, 1.165) is 49.6 Å². The minimum Gasteiger partial charge on any atom is -0.376 e. The van der Waals surface area contributed by atoms with Crippen LogP contribution in [0.4, 0.5) is 34.6 Å². The number of anilines is 3. The van der Waals surface area contributed by atoms with Crippen molar-refractivity contribution < 1.29 is 22.4 Å². The number of halogens is 4. The number of alkyl halides is 3. The van der Waals surface area contributed by atoms with Crippen LogP contribution in [0.5, 0.6) is 0 Å². The Bertz CT molecular complexity index is 976. The van der Waals surface area contributed by atoms with E-state index in [9.17, 15) is 22.4 Å². The van der Waals surface area contributed by atoms with Gasteiger partial charge in [0.2, 0.25) is 0 Å². The van der Waals surface area contributed by atoms with Crippen LogP contribution in [0.2, 0.25) is 0 Å². The molecule has 2 aromatic carbocycles. The number of hydrogen-bond donors (Lipinski definition) is 2. The summed E-state index contributed by atoms with van der Waals surface area (Å²) in [6.07, 6.45) is -0.765. The van der Waals surface area contributed by atoms with E-state index in [0.29, 0.717) is 27.1 Å². The molecule has 2 N–H and O–H groups in total. The van der Waals surface area contributed by atoms with E-state index in [1.807, 2.05) is 0 Å². The van der Waals surface area contributed by atoms with E-state index < -0.39 is 17.6 Å². The fourth-order valence-electron chi connectivity index (χ4n) is 4.12. The molecule has 0 amide bonds. The predicted octanol–water partition coefficient (Wildman–Crippen LogP) is 6.86. The molecule has 160 valence electrons. The highest BCUT2D eigenvalue weighted by Gasteiger charge is 2.34. The molecule has 0 radical (unpaired) electrons. The van der Waals surface area contributed by atoms with Gasteiger partial charge in [0, 0.05) is 15.7 Å². The molecule has 30 heavy (non-hydrogen) atoms. The summed E-state index contributed by atoms with van der Waals surface area (Å²) in [5.41, 5.74) is 0.320. The van der Waals surface area contributed by atoms with E-state index in [-0.39, 0.29) is 23.9 Å². The zero-order chi connectivity index (χ0) is 21.5. The molecular weight excluding hydrogens is 416 g/mol. The van der Waals surface area contributed by atoms with Crippen LogP contribution in [0.1, 0.15) is 38.2 Å². The molecule has 3 nitrogen and oxygen atoms in total. The first kappa shape index (κ1) is 21.0. The van der Waals surface area contributed by atoms with Crippen LogP contribution in [-0.2, 0) is 11.0 Å². The molecule has 1 saturated carbocycles. The first-order valence-electron chi connectivity index (χ1n) is 9.97. The van der Waals surface area contributed by atoms with Gasteiger partial charge in [-0.25, -0.2) is 4.39 Å². The summed E-state index contributed by atoms with van der Waals surface area (Å²) in [6, 6.07) is 6.20. The largest absolute Gasteiger partial charge is 0.416 e. The summed E-state index contributed by atoms with van der Waals surface area (Å²) < 4.78 is 54.0. The summed E-state index contributed by atoms with van der Waals surface area (Å²) in [7, 11) is 0. The Hall–Kier alpha value is -2.22. The standard InChI is InChI=1S/C22H22F4N2OS/c1-12-3-2-4-13(7-12)18(29)11-27-17-8-14(22(24,25)26)9-20-21(17)28-16-10-15(23)5-6-19(16)30-20/h5-6,8-10,12-13,27-28H,2-4,7,11H2,1H3. The van der Waals surface area contributed by atoms with Gasteiger partial charge in [0.05, 0.1) is 29.2 Å². The maximum atomic E-state index is 13.6. The number of carbonyl (C=O) groups is 1. The van der Waals surface area contributed by atoms with Gasteiger partial charge in [-0.05, 0) is 49.1 Å². The molecule has 8 heteroatoms. The molecule has 1 aliphatic carbocycles. The van der Waals surface area contributed by atoms with Gasteiger partial charge in [-0.2, -0.15) is 13.2 Å². The van der Waals surface area contributed by atoms with Crippen LogP contribution in [0.15, 0.2) is 40.1 Å². The molecule has 4 rings (SSSR count). The third kappa shape index (κ3) is 4.43. The van der Waals surface area contributed by atoms with Crippen LogP contribution >= 0.6 is 11.8 Å². The van der Waals surface area contributed by atoms with Crippen LogP contribution in [0, 0.1) is 17.7 Å². The third-order valence-corrected chi connectivity index (χ3v) is 6.81. The number of hydrogen-bond acceptors (Lipinski definition) is 4. The number of nitrogens with one attached hydrogen (secondary N) is 2. The monoisotopic (exact) mass is 438 g/mol. The lowest BCUT2D eigenvalue weighted by Gasteiger charge is -2.27. The molecule has 1 fully saturated rings. The summed E-state index contributed by atoms with van der Waals surface area (Å²) >= 11 is 1.14. The Kier molecular flexibility index (Phi) is 5.70. The summed E-state index contributed by atoms with van der Waals surface area (Å²) in [5.74, 6) is 0.00875. The van der Waals surface area contributed by atoms with Crippen molar-refractivity contribution in [2.75, 3.05) is 17.2 Å². The molecule has 0 spiro atoms. The molecule has 0 saturated heterocycles. The van der Waals surface area contributed by atoms with Crippen LogP contribution in [-0.4, -0.2) is 12.3 Å². The van der Waals surface area contributed by atoms with Crippen molar-refractivity contribution in [3.05, 3.63) is 41.7 Å². The number of carbonyl (C=O) groups excluding carboxylic acids is 1. The summed E-state index contributed by atoms with van der Waals surface area (Å²) in [4.78, 5) is 13.7. The molecule has 2 aliphatic rings. The van der Waals surface area contributed by atoms with Crippen molar-refractivity contribution in [3.8, 4) is 0 Å². The number of ketones is 1. The van der Waals surface area contributed by atoms with Gasteiger partial charge in [-0.3, -0.25) is 4.79 Å². The topological polar surface area (TPSA) is 41.1 Å². The van der Waals surface area contributed by atoms with E-state index in [2.05, 4.69) is 17.6 Å². The normalized spacial score (nSPS) is 20.7. The molecular formula is C22H22F4N2OS. The Morgan fingerprint density at radius 1 is 1.20 bits per heavy atom. The van der Waals surface area contributed by atoms with Gasteiger partial charge in [0.1, 0.15) is 5.82 Å². The lowest BCUT2D eigenvalue weighted by Crippen LogP contribution is -2.27. The van der Waals surface area contributed by atoms with E-state index in [1.165, 1.54) is 18.2 Å². The zero-order valence-electron chi connectivity index (χ0n) is 16.4. The highest BCUT2D eigenvalue weighted by molar-refractivity contribution is 7.99. The first-order valence-corrected chi connectivity index (χ1v) is 10.8. The van der Waals surface area contributed by atoms with Gasteiger partial charge in [0.15, 0.2) is 5.78 Å². The van der Waals surface area contributed by atoms with Crippen molar-refractivity contribution in [2.24, 2.45) is 11.8 Å². The van der Waals surface area contributed by atoms with Gasteiger partial charge < -0.3 is 10.6 Å². The highest BCUT2D eigenvalue weighted by atomic mass is 32.2. The number of Topliss-reactive ketones (excluding diaryl/α,β-unsaturated/α-hetero) is 1. The maximum Gasteiger partial charge on any atom is 0.416 e. The molecule has 2 aromatic rings. The molecule has 1 aliphatic heterocycles. The minimum atomic E-state index is -4.52. The summed E-state index contributed by atoms with van der Waals surface area (Å²) in [6.45, 7) is 2.08. The number of rotatable bonds is 4. The smallest absolute Gasteiger partial charge is 0.376 e. The van der Waals surface area contributed by atoms with Crippen molar-refractivity contribution >= 4 is 34.6 Å². The van der Waals surface area contributed by atoms with Crippen molar-refractivity contribution in [1.29, 1.82) is 0 Å². The van der Waals surface area contributed by atoms with Crippen molar-refractivity contribution in [3.63, 3.8) is 0 Å².